The summed E-state index contributed by atoms with van der Waals surface area (Å²) in [6.45, 7) is 0. The van der Waals surface area contributed by atoms with Gasteiger partial charge in [-0.3, -0.25) is 4.98 Å². The molecule has 1 aromatic rings. The van der Waals surface area contributed by atoms with E-state index < -0.39 is 5.60 Å². The number of aliphatic hydroxyl groups is 1. The molecule has 0 saturated heterocycles. The van der Waals surface area contributed by atoms with Crippen molar-refractivity contribution in [1.82, 2.24) is 4.98 Å². The van der Waals surface area contributed by atoms with Crippen LogP contribution >= 0.6 is 15.9 Å². The van der Waals surface area contributed by atoms with Crippen LogP contribution in [0.2, 0.25) is 0 Å². The number of pyridine rings is 1. The van der Waals surface area contributed by atoms with Gasteiger partial charge in [0.15, 0.2) is 0 Å². The Kier molecular flexibility index (Phi) is 3.22. The second kappa shape index (κ2) is 4.45. The first-order valence-electron chi connectivity index (χ1n) is 5.17. The number of hydrogen-bond acceptors (Lipinski definition) is 2. The van der Waals surface area contributed by atoms with Gasteiger partial charge in [-0.2, -0.15) is 0 Å². The minimum absolute atomic E-state index is 0.649. The topological polar surface area (TPSA) is 33.1 Å². The molecule has 1 atom stereocenters. The average molecular weight is 268 g/mol. The third-order valence-electron chi connectivity index (χ3n) is 2.68. The van der Waals surface area contributed by atoms with Crippen molar-refractivity contribution in [2.24, 2.45) is 0 Å². The molecule has 15 heavy (non-hydrogen) atoms. The lowest BCUT2D eigenvalue weighted by Crippen LogP contribution is -2.30. The fourth-order valence-electron chi connectivity index (χ4n) is 1.97. The monoisotopic (exact) mass is 267 g/mol. The minimum Gasteiger partial charge on any atom is -0.385 e. The summed E-state index contributed by atoms with van der Waals surface area (Å²) >= 11 is 3.38. The molecule has 0 spiro atoms. The van der Waals surface area contributed by atoms with Crippen LogP contribution in [0, 0.1) is 0 Å². The van der Waals surface area contributed by atoms with E-state index in [9.17, 15) is 5.11 Å². The third-order valence-corrected chi connectivity index (χ3v) is 3.11. The van der Waals surface area contributed by atoms with Crippen LogP contribution in [0.1, 0.15) is 24.8 Å². The Morgan fingerprint density at radius 3 is 3.00 bits per heavy atom. The lowest BCUT2D eigenvalue weighted by Gasteiger charge is -2.27. The SMILES string of the molecule is OC1(Cc2cncc(Br)c2)C=CCCC1. The Morgan fingerprint density at radius 2 is 2.33 bits per heavy atom. The van der Waals surface area contributed by atoms with Gasteiger partial charge in [0, 0.05) is 23.3 Å². The van der Waals surface area contributed by atoms with Gasteiger partial charge in [-0.05, 0) is 46.8 Å². The summed E-state index contributed by atoms with van der Waals surface area (Å²) in [5.74, 6) is 0. The molecule has 1 aromatic heterocycles. The third kappa shape index (κ3) is 2.89. The van der Waals surface area contributed by atoms with Crippen LogP contribution in [0.15, 0.2) is 35.1 Å². The van der Waals surface area contributed by atoms with Crippen molar-refractivity contribution in [2.45, 2.75) is 31.3 Å². The maximum absolute atomic E-state index is 10.3. The van der Waals surface area contributed by atoms with E-state index in [0.29, 0.717) is 6.42 Å². The number of rotatable bonds is 2. The largest absolute Gasteiger partial charge is 0.385 e. The van der Waals surface area contributed by atoms with E-state index >= 15 is 0 Å². The summed E-state index contributed by atoms with van der Waals surface area (Å²) in [4.78, 5) is 4.10. The van der Waals surface area contributed by atoms with Gasteiger partial charge in [0.2, 0.25) is 0 Å². The van der Waals surface area contributed by atoms with Gasteiger partial charge >= 0.3 is 0 Å². The Morgan fingerprint density at radius 1 is 1.47 bits per heavy atom. The van der Waals surface area contributed by atoms with E-state index in [2.05, 4.69) is 27.0 Å². The fourth-order valence-corrected chi connectivity index (χ4v) is 2.38. The Bertz CT molecular complexity index is 378. The predicted molar refractivity (Wildman–Crippen MR) is 63.6 cm³/mol. The molecule has 1 N–H and O–H groups in total. The molecule has 3 heteroatoms. The normalized spacial score (nSPS) is 25.5. The van der Waals surface area contributed by atoms with Gasteiger partial charge in [-0.15, -0.1) is 0 Å². The van der Waals surface area contributed by atoms with Gasteiger partial charge in [-0.25, -0.2) is 0 Å². The smallest absolute Gasteiger partial charge is 0.0868 e. The van der Waals surface area contributed by atoms with Crippen molar-refractivity contribution >= 4 is 15.9 Å². The van der Waals surface area contributed by atoms with Crippen LogP contribution in [0.25, 0.3) is 0 Å². The van der Waals surface area contributed by atoms with Gasteiger partial charge < -0.3 is 5.11 Å². The fraction of sp³-hybridized carbons (Fsp3) is 0.417. The molecule has 0 radical (unpaired) electrons. The maximum Gasteiger partial charge on any atom is 0.0868 e. The van der Waals surface area contributed by atoms with E-state index in [4.69, 9.17) is 0 Å². The molecule has 0 fully saturated rings. The molecule has 1 aliphatic carbocycles. The Labute approximate surface area is 98.2 Å². The van der Waals surface area contributed by atoms with Crippen LogP contribution in [0.5, 0.6) is 0 Å². The average Bonchev–Trinajstić information content (AvgIpc) is 2.18. The van der Waals surface area contributed by atoms with Crippen LogP contribution in [-0.4, -0.2) is 15.7 Å². The number of nitrogens with zero attached hydrogens (tertiary/aromatic N) is 1. The highest BCUT2D eigenvalue weighted by Crippen LogP contribution is 2.26. The van der Waals surface area contributed by atoms with Gasteiger partial charge in [0.25, 0.3) is 0 Å². The summed E-state index contributed by atoms with van der Waals surface area (Å²) in [5.41, 5.74) is 0.402. The molecule has 1 heterocycles. The second-order valence-electron chi connectivity index (χ2n) is 4.09. The lowest BCUT2D eigenvalue weighted by molar-refractivity contribution is 0.0750. The Balaban J connectivity index is 2.14. The van der Waals surface area contributed by atoms with E-state index in [1.54, 1.807) is 6.20 Å². The van der Waals surface area contributed by atoms with Gasteiger partial charge in [-0.1, -0.05) is 12.2 Å². The zero-order chi connectivity index (χ0) is 10.7. The van der Waals surface area contributed by atoms with Gasteiger partial charge in [0.1, 0.15) is 0 Å². The van der Waals surface area contributed by atoms with Crippen LogP contribution < -0.4 is 0 Å². The summed E-state index contributed by atoms with van der Waals surface area (Å²) in [5, 5.41) is 10.3. The van der Waals surface area contributed by atoms with Gasteiger partial charge in [0.05, 0.1) is 5.60 Å². The molecule has 0 aliphatic heterocycles. The van der Waals surface area contributed by atoms with Crippen molar-refractivity contribution in [3.05, 3.63) is 40.6 Å². The highest BCUT2D eigenvalue weighted by Gasteiger charge is 2.25. The first-order chi connectivity index (χ1) is 7.18. The summed E-state index contributed by atoms with van der Waals surface area (Å²) in [6, 6.07) is 2.01. The zero-order valence-electron chi connectivity index (χ0n) is 8.49. The lowest BCUT2D eigenvalue weighted by atomic mass is 9.86. The minimum atomic E-state index is -0.666. The van der Waals surface area contributed by atoms with E-state index in [1.807, 2.05) is 18.3 Å². The second-order valence-corrected chi connectivity index (χ2v) is 5.00. The first kappa shape index (κ1) is 10.8. The van der Waals surface area contributed by atoms with E-state index in [-0.39, 0.29) is 0 Å². The molecule has 2 rings (SSSR count). The predicted octanol–water partition coefficient (Wildman–Crippen LogP) is 2.86. The van der Waals surface area contributed by atoms with E-state index in [0.717, 1.165) is 29.3 Å². The molecule has 0 saturated carbocycles. The number of aromatic nitrogens is 1. The zero-order valence-corrected chi connectivity index (χ0v) is 10.1. The highest BCUT2D eigenvalue weighted by molar-refractivity contribution is 9.10. The number of halogens is 1. The first-order valence-corrected chi connectivity index (χ1v) is 5.97. The van der Waals surface area contributed by atoms with Crippen molar-refractivity contribution in [1.29, 1.82) is 0 Å². The summed E-state index contributed by atoms with van der Waals surface area (Å²) in [7, 11) is 0. The standard InChI is InChI=1S/C12H14BrNO/c13-11-6-10(8-14-9-11)7-12(15)4-2-1-3-5-12/h2,4,6,8-9,15H,1,3,5,7H2. The van der Waals surface area contributed by atoms with Crippen LogP contribution in [0.4, 0.5) is 0 Å². The molecule has 0 aromatic carbocycles. The highest BCUT2D eigenvalue weighted by atomic mass is 79.9. The van der Waals surface area contributed by atoms with Crippen molar-refractivity contribution in [2.75, 3.05) is 0 Å². The van der Waals surface area contributed by atoms with Crippen molar-refractivity contribution in [3.8, 4) is 0 Å². The number of allylic oxidation sites excluding steroid dienone is 1. The number of hydrogen-bond donors (Lipinski definition) is 1. The van der Waals surface area contributed by atoms with Crippen LogP contribution in [0.3, 0.4) is 0 Å². The Hall–Kier alpha value is -0.670. The van der Waals surface area contributed by atoms with E-state index in [1.165, 1.54) is 0 Å². The van der Waals surface area contributed by atoms with Crippen molar-refractivity contribution < 1.29 is 5.11 Å². The summed E-state index contributed by atoms with van der Waals surface area (Å²) in [6.07, 6.45) is 11.2. The molecule has 1 aliphatic rings. The molecule has 0 bridgehead atoms. The van der Waals surface area contributed by atoms with Crippen LogP contribution in [-0.2, 0) is 6.42 Å². The molecular weight excluding hydrogens is 254 g/mol. The molecule has 80 valence electrons. The molecule has 1 unspecified atom stereocenters. The molecular formula is C12H14BrNO. The van der Waals surface area contributed by atoms with Crippen molar-refractivity contribution in [3.63, 3.8) is 0 Å². The molecule has 0 amide bonds. The summed E-state index contributed by atoms with van der Waals surface area (Å²) < 4.78 is 0.961. The quantitative estimate of drug-likeness (QED) is 0.837. The molecule has 2 nitrogen and oxygen atoms in total. The maximum atomic E-state index is 10.3.